The molecule has 19 heavy (non-hydrogen) atoms. The lowest BCUT2D eigenvalue weighted by Gasteiger charge is -2.11. The Labute approximate surface area is 104 Å². The molecule has 1 N–H and O–H groups in total. The number of ether oxygens (including phenoxy) is 1. The number of carbonyl (C=O) groups excluding carboxylic acids is 1. The summed E-state index contributed by atoms with van der Waals surface area (Å²) in [4.78, 5) is 31.0. The summed E-state index contributed by atoms with van der Waals surface area (Å²) in [6.45, 7) is -3.30. The summed E-state index contributed by atoms with van der Waals surface area (Å²) in [5, 5.41) is 19.2. The molecule has 0 heterocycles. The fourth-order valence-electron chi connectivity index (χ4n) is 1.40. The number of carboxylic acids is 1. The third-order valence-corrected chi connectivity index (χ3v) is 2.11. The molecular formula is C10H7F2NO6. The molecular weight excluding hydrogens is 268 g/mol. The van der Waals surface area contributed by atoms with Gasteiger partial charge < -0.3 is 9.84 Å². The first kappa shape index (κ1) is 14.5. The number of hydrogen-bond donors (Lipinski definition) is 1. The maximum absolute atomic E-state index is 12.2. The molecule has 1 aromatic rings. The molecule has 7 nitrogen and oxygen atoms in total. The van der Waals surface area contributed by atoms with Crippen molar-refractivity contribution in [1.82, 2.24) is 0 Å². The Kier molecular flexibility index (Phi) is 4.46. The van der Waals surface area contributed by atoms with Gasteiger partial charge >= 0.3 is 12.6 Å². The first-order valence-electron chi connectivity index (χ1n) is 4.78. The molecule has 0 amide bonds. The maximum Gasteiger partial charge on any atom is 0.387 e. The fraction of sp³-hybridized carbons (Fsp3) is 0.200. The van der Waals surface area contributed by atoms with Gasteiger partial charge in [-0.2, -0.15) is 8.78 Å². The van der Waals surface area contributed by atoms with E-state index in [1.807, 2.05) is 0 Å². The zero-order chi connectivity index (χ0) is 14.6. The summed E-state index contributed by atoms with van der Waals surface area (Å²) < 4.78 is 28.4. The van der Waals surface area contributed by atoms with Crippen molar-refractivity contribution < 1.29 is 33.1 Å². The van der Waals surface area contributed by atoms with Gasteiger partial charge in [-0.3, -0.25) is 19.7 Å². The van der Waals surface area contributed by atoms with Crippen molar-refractivity contribution in [2.45, 2.75) is 13.0 Å². The largest absolute Gasteiger partial charge is 0.481 e. The summed E-state index contributed by atoms with van der Waals surface area (Å²) in [5.74, 6) is -2.09. The van der Waals surface area contributed by atoms with Crippen molar-refractivity contribution in [2.75, 3.05) is 0 Å². The molecule has 0 bridgehead atoms. The second-order valence-corrected chi connectivity index (χ2v) is 3.34. The van der Waals surface area contributed by atoms with Gasteiger partial charge in [0.2, 0.25) is 0 Å². The number of benzene rings is 1. The predicted molar refractivity (Wildman–Crippen MR) is 56.5 cm³/mol. The standard InChI is InChI=1S/C10H7F2NO6/c11-10(12)19-8-2-6(13(17)18)1-5(4-14)7(8)3-9(15)16/h1-2,4,10H,3H2,(H,15,16). The van der Waals surface area contributed by atoms with Crippen molar-refractivity contribution in [3.05, 3.63) is 33.4 Å². The number of carbonyl (C=O) groups is 2. The topological polar surface area (TPSA) is 107 Å². The Morgan fingerprint density at radius 3 is 2.58 bits per heavy atom. The summed E-state index contributed by atoms with van der Waals surface area (Å²) in [7, 11) is 0. The van der Waals surface area contributed by atoms with E-state index in [9.17, 15) is 28.5 Å². The molecule has 1 rings (SSSR count). The van der Waals surface area contributed by atoms with Crippen LogP contribution in [0.5, 0.6) is 5.75 Å². The molecule has 1 aromatic carbocycles. The summed E-state index contributed by atoms with van der Waals surface area (Å²) in [6, 6.07) is 1.45. The lowest BCUT2D eigenvalue weighted by atomic mass is 10.0. The highest BCUT2D eigenvalue weighted by Gasteiger charge is 2.21. The van der Waals surface area contributed by atoms with E-state index in [4.69, 9.17) is 5.11 Å². The van der Waals surface area contributed by atoms with Gasteiger partial charge in [0.1, 0.15) is 5.75 Å². The Bertz CT molecular complexity index is 531. The highest BCUT2D eigenvalue weighted by molar-refractivity contribution is 5.84. The molecule has 0 aliphatic rings. The van der Waals surface area contributed by atoms with Crippen LogP contribution in [0.15, 0.2) is 12.1 Å². The van der Waals surface area contributed by atoms with Gasteiger partial charge in [-0.25, -0.2) is 0 Å². The van der Waals surface area contributed by atoms with Crippen LogP contribution < -0.4 is 4.74 Å². The van der Waals surface area contributed by atoms with Crippen LogP contribution >= 0.6 is 0 Å². The van der Waals surface area contributed by atoms with Gasteiger partial charge in [0, 0.05) is 17.2 Å². The molecule has 0 atom stereocenters. The first-order valence-corrected chi connectivity index (χ1v) is 4.78. The summed E-state index contributed by atoms with van der Waals surface area (Å²) in [5.41, 5.74) is -1.37. The van der Waals surface area contributed by atoms with Gasteiger partial charge in [0.15, 0.2) is 6.29 Å². The molecule has 0 unspecified atom stereocenters. The number of carboxylic acid groups (broad SMARTS) is 1. The second kappa shape index (κ2) is 5.85. The Balaban J connectivity index is 3.42. The van der Waals surface area contributed by atoms with Crippen LogP contribution in [0, 0.1) is 10.1 Å². The minimum Gasteiger partial charge on any atom is -0.481 e. The SMILES string of the molecule is O=Cc1cc([N+](=O)[O-])cc(OC(F)F)c1CC(=O)O. The van der Waals surface area contributed by atoms with E-state index in [1.165, 1.54) is 0 Å². The van der Waals surface area contributed by atoms with Crippen LogP contribution in [0.25, 0.3) is 0 Å². The van der Waals surface area contributed by atoms with Gasteiger partial charge in [-0.1, -0.05) is 0 Å². The molecule has 0 saturated heterocycles. The van der Waals surface area contributed by atoms with Crippen LogP contribution in [-0.2, 0) is 11.2 Å². The number of nitro groups is 1. The molecule has 0 aliphatic heterocycles. The van der Waals surface area contributed by atoms with Crippen molar-refractivity contribution in [3.8, 4) is 5.75 Å². The van der Waals surface area contributed by atoms with Gasteiger partial charge in [0.25, 0.3) is 5.69 Å². The van der Waals surface area contributed by atoms with Crippen molar-refractivity contribution in [1.29, 1.82) is 0 Å². The summed E-state index contributed by atoms with van der Waals surface area (Å²) in [6.07, 6.45) is -0.627. The number of rotatable bonds is 6. The van der Waals surface area contributed by atoms with Gasteiger partial charge in [0.05, 0.1) is 17.4 Å². The predicted octanol–water partition coefficient (Wildman–Crippen LogP) is 1.64. The highest BCUT2D eigenvalue weighted by atomic mass is 19.3. The summed E-state index contributed by atoms with van der Waals surface area (Å²) >= 11 is 0. The molecule has 102 valence electrons. The average molecular weight is 275 g/mol. The number of non-ortho nitro benzene ring substituents is 1. The number of aldehydes is 1. The van der Waals surface area contributed by atoms with Crippen molar-refractivity contribution in [2.24, 2.45) is 0 Å². The van der Waals surface area contributed by atoms with Crippen molar-refractivity contribution >= 4 is 17.9 Å². The lowest BCUT2D eigenvalue weighted by molar-refractivity contribution is -0.385. The third kappa shape index (κ3) is 3.69. The Morgan fingerprint density at radius 1 is 1.53 bits per heavy atom. The molecule has 0 saturated carbocycles. The number of nitrogens with zero attached hydrogens (tertiary/aromatic N) is 1. The van der Waals surface area contributed by atoms with Crippen LogP contribution in [0.3, 0.4) is 0 Å². The van der Waals surface area contributed by atoms with E-state index in [-0.39, 0.29) is 17.4 Å². The Hall–Kier alpha value is -2.58. The molecule has 0 radical (unpaired) electrons. The Morgan fingerprint density at radius 2 is 2.16 bits per heavy atom. The average Bonchev–Trinajstić information content (AvgIpc) is 2.29. The van der Waals surface area contributed by atoms with Gasteiger partial charge in [-0.15, -0.1) is 0 Å². The van der Waals surface area contributed by atoms with Crippen molar-refractivity contribution in [3.63, 3.8) is 0 Å². The van der Waals surface area contributed by atoms with Crippen LogP contribution in [0.4, 0.5) is 14.5 Å². The molecule has 0 aliphatic carbocycles. The van der Waals surface area contributed by atoms with Gasteiger partial charge in [-0.05, 0) is 0 Å². The van der Waals surface area contributed by atoms with E-state index in [1.54, 1.807) is 0 Å². The number of alkyl halides is 2. The molecule has 0 fully saturated rings. The monoisotopic (exact) mass is 275 g/mol. The molecule has 0 aromatic heterocycles. The number of hydrogen-bond acceptors (Lipinski definition) is 5. The quantitative estimate of drug-likeness (QED) is 0.480. The van der Waals surface area contributed by atoms with E-state index in [0.717, 1.165) is 6.07 Å². The smallest absolute Gasteiger partial charge is 0.387 e. The molecule has 0 spiro atoms. The van der Waals surface area contributed by atoms with E-state index in [0.29, 0.717) is 6.07 Å². The third-order valence-electron chi connectivity index (χ3n) is 2.11. The number of nitro benzene ring substituents is 1. The second-order valence-electron chi connectivity index (χ2n) is 3.34. The number of halogens is 2. The molecule has 9 heteroatoms. The van der Waals surface area contributed by atoms with E-state index >= 15 is 0 Å². The maximum atomic E-state index is 12.2. The van der Waals surface area contributed by atoms with E-state index < -0.39 is 35.4 Å². The minimum atomic E-state index is -3.30. The van der Waals surface area contributed by atoms with Crippen LogP contribution in [-0.4, -0.2) is 28.9 Å². The fourth-order valence-corrected chi connectivity index (χ4v) is 1.40. The van der Waals surface area contributed by atoms with Crippen LogP contribution in [0.2, 0.25) is 0 Å². The highest BCUT2D eigenvalue weighted by Crippen LogP contribution is 2.29. The zero-order valence-electron chi connectivity index (χ0n) is 9.21. The minimum absolute atomic E-state index is 0.142. The normalized spacial score (nSPS) is 10.3. The van der Waals surface area contributed by atoms with E-state index in [2.05, 4.69) is 4.74 Å². The van der Waals surface area contributed by atoms with Crippen LogP contribution in [0.1, 0.15) is 15.9 Å². The zero-order valence-corrected chi connectivity index (χ0v) is 9.21. The first-order chi connectivity index (χ1) is 8.85. The lowest BCUT2D eigenvalue weighted by Crippen LogP contribution is -2.10. The number of aliphatic carboxylic acids is 1.